The third-order valence-electron chi connectivity index (χ3n) is 8.66. The van der Waals surface area contributed by atoms with E-state index in [1.165, 1.54) is 51.0 Å². The molecule has 3 aromatic rings. The molecule has 0 aromatic heterocycles. The second kappa shape index (κ2) is 16.6. The number of aryl methyl sites for hydroxylation is 1. The van der Waals surface area contributed by atoms with E-state index in [4.69, 9.17) is 4.74 Å². The van der Waals surface area contributed by atoms with Crippen LogP contribution in [0.5, 0.6) is 5.75 Å². The minimum absolute atomic E-state index is 0.0584. The molecule has 42 heavy (non-hydrogen) atoms. The van der Waals surface area contributed by atoms with Gasteiger partial charge in [-0.25, -0.2) is 8.78 Å². The van der Waals surface area contributed by atoms with Crippen LogP contribution in [0.1, 0.15) is 103 Å². The zero-order valence-electron chi connectivity index (χ0n) is 25.5. The van der Waals surface area contributed by atoms with Crippen LogP contribution in [0, 0.1) is 23.4 Å². The molecule has 0 N–H and O–H groups in total. The van der Waals surface area contributed by atoms with Gasteiger partial charge in [0.15, 0.2) is 11.6 Å². The molecule has 0 bridgehead atoms. The number of hydrogen-bond acceptors (Lipinski definition) is 1. The van der Waals surface area contributed by atoms with Crippen molar-refractivity contribution in [3.63, 3.8) is 0 Å². The predicted octanol–water partition coefficient (Wildman–Crippen LogP) is 12.0. The molecule has 226 valence electrons. The third-order valence-corrected chi connectivity index (χ3v) is 8.66. The Hall–Kier alpha value is -3.01. The lowest BCUT2D eigenvalue weighted by Crippen LogP contribution is -2.06. The first-order chi connectivity index (χ1) is 20.5. The van der Waals surface area contributed by atoms with Crippen molar-refractivity contribution in [1.82, 2.24) is 0 Å². The molecule has 3 aromatic carbocycles. The molecule has 1 aliphatic rings. The maximum Gasteiger partial charge on any atom is 0.201 e. The summed E-state index contributed by atoms with van der Waals surface area (Å²) in [6.45, 7) is 4.71. The third kappa shape index (κ3) is 8.99. The fraction of sp³-hybridized carbons (Fsp3) is 0.474. The molecule has 0 fully saturated rings. The summed E-state index contributed by atoms with van der Waals surface area (Å²) < 4.78 is 49.9. The topological polar surface area (TPSA) is 9.23 Å². The van der Waals surface area contributed by atoms with Gasteiger partial charge in [0.25, 0.3) is 0 Å². The summed E-state index contributed by atoms with van der Waals surface area (Å²) in [5.41, 5.74) is 4.68. The number of benzene rings is 3. The summed E-state index contributed by atoms with van der Waals surface area (Å²) in [6.07, 6.45) is 18.4. The number of allylic oxidation sites excluding steroid dienone is 2. The Kier molecular flexibility index (Phi) is 12.6. The van der Waals surface area contributed by atoms with Gasteiger partial charge in [-0.1, -0.05) is 100 Å². The van der Waals surface area contributed by atoms with Crippen LogP contribution in [0.3, 0.4) is 0 Å². The Bertz CT molecular complexity index is 1290. The van der Waals surface area contributed by atoms with E-state index in [1.54, 1.807) is 29.8 Å². The monoisotopic (exact) mass is 576 g/mol. The lowest BCUT2D eigenvalue weighted by Gasteiger charge is -2.22. The van der Waals surface area contributed by atoms with Crippen molar-refractivity contribution in [2.45, 2.75) is 104 Å². The average molecular weight is 577 g/mol. The highest BCUT2D eigenvalue weighted by molar-refractivity contribution is 5.71. The van der Waals surface area contributed by atoms with Crippen molar-refractivity contribution < 1.29 is 17.9 Å². The van der Waals surface area contributed by atoms with Crippen molar-refractivity contribution in [3.8, 4) is 28.0 Å². The van der Waals surface area contributed by atoms with E-state index in [0.29, 0.717) is 12.2 Å². The quantitative estimate of drug-likeness (QED) is 0.122. The van der Waals surface area contributed by atoms with E-state index in [1.807, 2.05) is 24.3 Å². The van der Waals surface area contributed by atoms with E-state index in [2.05, 4.69) is 19.9 Å². The molecule has 0 saturated heterocycles. The maximum absolute atomic E-state index is 15.0. The van der Waals surface area contributed by atoms with Crippen molar-refractivity contribution in [2.24, 2.45) is 5.92 Å². The Morgan fingerprint density at radius 1 is 0.714 bits per heavy atom. The Morgan fingerprint density at radius 3 is 2.14 bits per heavy atom. The fourth-order valence-electron chi connectivity index (χ4n) is 5.95. The summed E-state index contributed by atoms with van der Waals surface area (Å²) in [5.74, 6) is -1.26. The molecular formula is C38H47F3O. The summed E-state index contributed by atoms with van der Waals surface area (Å²) >= 11 is 0. The van der Waals surface area contributed by atoms with Gasteiger partial charge in [-0.15, -0.1) is 0 Å². The predicted molar refractivity (Wildman–Crippen MR) is 169 cm³/mol. The Labute approximate surface area is 251 Å². The fourth-order valence-corrected chi connectivity index (χ4v) is 5.95. The lowest BCUT2D eigenvalue weighted by molar-refractivity contribution is 0.286. The summed E-state index contributed by atoms with van der Waals surface area (Å²) in [6, 6.07) is 15.6. The van der Waals surface area contributed by atoms with Crippen LogP contribution >= 0.6 is 0 Å². The van der Waals surface area contributed by atoms with Crippen LogP contribution in [-0.2, 0) is 6.42 Å². The van der Waals surface area contributed by atoms with Gasteiger partial charge in [0, 0.05) is 5.56 Å². The summed E-state index contributed by atoms with van der Waals surface area (Å²) in [7, 11) is 0. The standard InChI is InChI=1S/C38H47F3O/c1-3-5-7-11-28-14-16-29(17-15-28)12-8-9-13-32-22-23-33(27-35(32)39)30-18-20-31(21-19-30)34-24-25-36(38(41)37(34)40)42-26-10-6-4-2/h16,18-25,27-28H,3-15,17,26H2,1-2H3. The minimum Gasteiger partial charge on any atom is -0.490 e. The van der Waals surface area contributed by atoms with E-state index in [0.717, 1.165) is 67.6 Å². The van der Waals surface area contributed by atoms with Gasteiger partial charge in [-0.2, -0.15) is 4.39 Å². The van der Waals surface area contributed by atoms with Gasteiger partial charge in [0.05, 0.1) is 6.61 Å². The largest absolute Gasteiger partial charge is 0.490 e. The molecule has 0 radical (unpaired) electrons. The van der Waals surface area contributed by atoms with E-state index in [-0.39, 0.29) is 17.1 Å². The first-order valence-corrected chi connectivity index (χ1v) is 16.2. The molecule has 1 atom stereocenters. The molecule has 4 heteroatoms. The van der Waals surface area contributed by atoms with Gasteiger partial charge >= 0.3 is 0 Å². The van der Waals surface area contributed by atoms with Crippen molar-refractivity contribution in [1.29, 1.82) is 0 Å². The smallest absolute Gasteiger partial charge is 0.201 e. The second-order valence-electron chi connectivity index (χ2n) is 11.9. The number of hydrogen-bond donors (Lipinski definition) is 0. The minimum atomic E-state index is -0.965. The zero-order chi connectivity index (χ0) is 29.7. The highest BCUT2D eigenvalue weighted by Crippen LogP contribution is 2.33. The molecule has 0 aliphatic heterocycles. The van der Waals surface area contributed by atoms with Crippen molar-refractivity contribution >= 4 is 0 Å². The van der Waals surface area contributed by atoms with Gasteiger partial charge in [-0.05, 0) is 97.7 Å². The molecule has 0 amide bonds. The molecule has 1 aliphatic carbocycles. The van der Waals surface area contributed by atoms with Crippen LogP contribution in [0.4, 0.5) is 13.2 Å². The number of unbranched alkanes of at least 4 members (excludes halogenated alkanes) is 5. The van der Waals surface area contributed by atoms with E-state index in [9.17, 15) is 13.2 Å². The first-order valence-electron chi connectivity index (χ1n) is 16.2. The highest BCUT2D eigenvalue weighted by atomic mass is 19.2. The SMILES string of the molecule is CCCCCOc1ccc(-c2ccc(-c3ccc(CCCCC4=CCC(CCCCC)CC4)c(F)c3)cc2)c(F)c1F. The van der Waals surface area contributed by atoms with Crippen LogP contribution < -0.4 is 4.74 Å². The normalized spacial score (nSPS) is 15.1. The number of ether oxygens (including phenoxy) is 1. The summed E-state index contributed by atoms with van der Waals surface area (Å²) in [4.78, 5) is 0. The molecule has 4 rings (SSSR count). The van der Waals surface area contributed by atoms with Gasteiger partial charge < -0.3 is 4.74 Å². The molecule has 0 saturated carbocycles. The zero-order valence-corrected chi connectivity index (χ0v) is 25.5. The van der Waals surface area contributed by atoms with Gasteiger partial charge in [-0.3, -0.25) is 0 Å². The Morgan fingerprint density at radius 2 is 1.43 bits per heavy atom. The molecular weight excluding hydrogens is 529 g/mol. The molecule has 1 unspecified atom stereocenters. The second-order valence-corrected chi connectivity index (χ2v) is 11.9. The van der Waals surface area contributed by atoms with Crippen molar-refractivity contribution in [2.75, 3.05) is 6.61 Å². The van der Waals surface area contributed by atoms with Crippen molar-refractivity contribution in [3.05, 3.63) is 89.3 Å². The van der Waals surface area contributed by atoms with Crippen LogP contribution in [-0.4, -0.2) is 6.61 Å². The van der Waals surface area contributed by atoms with Crippen LogP contribution in [0.15, 0.2) is 66.2 Å². The lowest BCUT2D eigenvalue weighted by atomic mass is 9.84. The van der Waals surface area contributed by atoms with E-state index < -0.39 is 11.6 Å². The molecule has 0 spiro atoms. The van der Waals surface area contributed by atoms with Crippen LogP contribution in [0.2, 0.25) is 0 Å². The number of halogens is 3. The van der Waals surface area contributed by atoms with Gasteiger partial charge in [0.1, 0.15) is 5.82 Å². The maximum atomic E-state index is 15.0. The molecule has 1 nitrogen and oxygen atoms in total. The highest BCUT2D eigenvalue weighted by Gasteiger charge is 2.17. The van der Waals surface area contributed by atoms with Gasteiger partial charge in [0.2, 0.25) is 5.82 Å². The van der Waals surface area contributed by atoms with E-state index >= 15 is 0 Å². The summed E-state index contributed by atoms with van der Waals surface area (Å²) in [5, 5.41) is 0. The number of rotatable bonds is 16. The van der Waals surface area contributed by atoms with Crippen LogP contribution in [0.25, 0.3) is 22.3 Å². The first kappa shape index (κ1) is 31.9. The molecule has 0 heterocycles. The Balaban J connectivity index is 1.28. The average Bonchev–Trinajstić information content (AvgIpc) is 3.01.